The second-order valence-electron chi connectivity index (χ2n) is 8.35. The van der Waals surface area contributed by atoms with Gasteiger partial charge in [0.15, 0.2) is 4.80 Å². The molecule has 170 valence electrons. The molecule has 0 atom stereocenters. The topological polar surface area (TPSA) is 54.7 Å². The minimum atomic E-state index is -3.41. The van der Waals surface area contributed by atoms with Crippen LogP contribution in [0.5, 0.6) is 0 Å². The predicted octanol–water partition coefficient (Wildman–Crippen LogP) is 5.73. The summed E-state index contributed by atoms with van der Waals surface area (Å²) in [6.07, 6.45) is 5.15. The minimum Gasteiger partial charge on any atom is -0.316 e. The number of thiazole rings is 1. The van der Waals surface area contributed by atoms with Crippen molar-refractivity contribution in [3.63, 3.8) is 0 Å². The summed E-state index contributed by atoms with van der Waals surface area (Å²) in [6.45, 7) is 6.38. The van der Waals surface area contributed by atoms with Crippen molar-refractivity contribution < 1.29 is 8.42 Å². The Morgan fingerprint density at radius 2 is 1.66 bits per heavy atom. The van der Waals surface area contributed by atoms with Crippen molar-refractivity contribution in [3.05, 3.63) is 64.3 Å². The zero-order chi connectivity index (χ0) is 22.6. The zero-order valence-electron chi connectivity index (χ0n) is 18.8. The molecule has 1 fully saturated rings. The molecular weight excluding hydrogens is 438 g/mol. The lowest BCUT2D eigenvalue weighted by Crippen LogP contribution is -2.35. The molecule has 2 heterocycles. The van der Waals surface area contributed by atoms with Gasteiger partial charge in [-0.15, -0.1) is 11.3 Å². The number of hydrogen-bond donors (Lipinski definition) is 0. The van der Waals surface area contributed by atoms with E-state index in [1.54, 1.807) is 27.8 Å². The van der Waals surface area contributed by atoms with Crippen molar-refractivity contribution in [2.75, 3.05) is 13.1 Å². The fourth-order valence-electron chi connectivity index (χ4n) is 3.96. The third kappa shape index (κ3) is 5.05. The van der Waals surface area contributed by atoms with Crippen molar-refractivity contribution in [2.24, 2.45) is 4.99 Å². The Hall–Kier alpha value is -2.22. The maximum absolute atomic E-state index is 13.0. The molecule has 3 aromatic rings. The predicted molar refractivity (Wildman–Crippen MR) is 132 cm³/mol. The standard InChI is InChI=1S/C25H31N3O2S2/c1-3-4-18-28-24(19-31-25(28)26-22-12-8-20(2)9-13-22)21-10-14-23(15-11-21)32(29,30)27-16-6-5-7-17-27/h8-15,19H,3-7,16-18H2,1-2H3. The van der Waals surface area contributed by atoms with Gasteiger partial charge in [0.05, 0.1) is 16.3 Å². The number of nitrogens with zero attached hydrogens (tertiary/aromatic N) is 3. The first-order chi connectivity index (χ1) is 15.5. The lowest BCUT2D eigenvalue weighted by molar-refractivity contribution is 0.346. The number of sulfonamides is 1. The second-order valence-corrected chi connectivity index (χ2v) is 11.1. The molecule has 0 radical (unpaired) electrons. The first-order valence-electron chi connectivity index (χ1n) is 11.4. The highest BCUT2D eigenvalue weighted by Gasteiger charge is 2.25. The van der Waals surface area contributed by atoms with E-state index < -0.39 is 10.0 Å². The summed E-state index contributed by atoms with van der Waals surface area (Å²) in [5.74, 6) is 0. The van der Waals surface area contributed by atoms with Gasteiger partial charge in [0.25, 0.3) is 0 Å². The van der Waals surface area contributed by atoms with Crippen molar-refractivity contribution in [1.29, 1.82) is 0 Å². The third-order valence-electron chi connectivity index (χ3n) is 5.89. The van der Waals surface area contributed by atoms with Crippen molar-refractivity contribution in [3.8, 4) is 11.3 Å². The molecule has 0 spiro atoms. The van der Waals surface area contributed by atoms with E-state index in [1.807, 2.05) is 24.3 Å². The monoisotopic (exact) mass is 469 g/mol. The summed E-state index contributed by atoms with van der Waals surface area (Å²) in [7, 11) is -3.41. The van der Waals surface area contributed by atoms with Crippen LogP contribution >= 0.6 is 11.3 Å². The molecule has 7 heteroatoms. The number of aromatic nitrogens is 1. The van der Waals surface area contributed by atoms with E-state index in [1.165, 1.54) is 5.56 Å². The number of aryl methyl sites for hydroxylation is 1. The summed E-state index contributed by atoms with van der Waals surface area (Å²) in [5.41, 5.74) is 4.25. The molecule has 32 heavy (non-hydrogen) atoms. The highest BCUT2D eigenvalue weighted by molar-refractivity contribution is 7.89. The quantitative estimate of drug-likeness (QED) is 0.444. The van der Waals surface area contributed by atoms with E-state index in [-0.39, 0.29) is 0 Å². The molecular formula is C25H31N3O2S2. The SMILES string of the molecule is CCCCn1c(-c2ccc(S(=O)(=O)N3CCCCC3)cc2)csc1=Nc1ccc(C)cc1. The zero-order valence-corrected chi connectivity index (χ0v) is 20.5. The van der Waals surface area contributed by atoms with Crippen molar-refractivity contribution in [2.45, 2.75) is 57.4 Å². The van der Waals surface area contributed by atoms with Crippen LogP contribution in [0.15, 0.2) is 63.8 Å². The normalized spacial score (nSPS) is 15.9. The molecule has 0 unspecified atom stereocenters. The smallest absolute Gasteiger partial charge is 0.243 e. The van der Waals surface area contributed by atoms with Crippen molar-refractivity contribution in [1.82, 2.24) is 8.87 Å². The maximum Gasteiger partial charge on any atom is 0.243 e. The molecule has 0 saturated carbocycles. The van der Waals surface area contributed by atoms with Crippen LogP contribution < -0.4 is 4.80 Å². The number of piperidine rings is 1. The van der Waals surface area contributed by atoms with E-state index in [0.29, 0.717) is 18.0 Å². The number of rotatable bonds is 7. The summed E-state index contributed by atoms with van der Waals surface area (Å²) in [5, 5.41) is 2.12. The van der Waals surface area contributed by atoms with Gasteiger partial charge in [0.2, 0.25) is 10.0 Å². The molecule has 1 aliphatic rings. The average Bonchev–Trinajstić information content (AvgIpc) is 3.22. The summed E-state index contributed by atoms with van der Waals surface area (Å²) in [4.78, 5) is 6.22. The summed E-state index contributed by atoms with van der Waals surface area (Å²) < 4.78 is 29.8. The third-order valence-corrected chi connectivity index (χ3v) is 8.67. The molecule has 0 N–H and O–H groups in total. The second kappa shape index (κ2) is 10.1. The van der Waals surface area contributed by atoms with Gasteiger partial charge >= 0.3 is 0 Å². The molecule has 0 amide bonds. The molecule has 5 nitrogen and oxygen atoms in total. The molecule has 2 aromatic carbocycles. The van der Waals surface area contributed by atoms with Gasteiger partial charge < -0.3 is 4.57 Å². The number of unbranched alkanes of at least 4 members (excludes halogenated alkanes) is 1. The highest BCUT2D eigenvalue weighted by Crippen LogP contribution is 2.26. The van der Waals surface area contributed by atoms with E-state index in [0.717, 1.165) is 60.4 Å². The Morgan fingerprint density at radius 3 is 2.31 bits per heavy atom. The minimum absolute atomic E-state index is 0.378. The van der Waals surface area contributed by atoms with Crippen LogP contribution in [0.25, 0.3) is 11.3 Å². The van der Waals surface area contributed by atoms with Crippen LogP contribution in [0.1, 0.15) is 44.6 Å². The van der Waals surface area contributed by atoms with Gasteiger partial charge in [-0.05, 0) is 56.0 Å². The lowest BCUT2D eigenvalue weighted by Gasteiger charge is -2.25. The average molecular weight is 470 g/mol. The fourth-order valence-corrected chi connectivity index (χ4v) is 6.44. The van der Waals surface area contributed by atoms with Crippen molar-refractivity contribution >= 4 is 27.0 Å². The highest BCUT2D eigenvalue weighted by atomic mass is 32.2. The molecule has 0 bridgehead atoms. The van der Waals surface area contributed by atoms with Gasteiger partial charge in [-0.3, -0.25) is 0 Å². The molecule has 0 aliphatic carbocycles. The van der Waals surface area contributed by atoms with Gasteiger partial charge in [0, 0.05) is 25.0 Å². The Kier molecular flexibility index (Phi) is 7.28. The Morgan fingerprint density at radius 1 is 0.969 bits per heavy atom. The number of benzene rings is 2. The van der Waals surface area contributed by atoms with E-state index in [9.17, 15) is 8.42 Å². The fraction of sp³-hybridized carbons (Fsp3) is 0.400. The van der Waals surface area contributed by atoms with Crippen LogP contribution in [-0.4, -0.2) is 30.4 Å². The number of hydrogen-bond acceptors (Lipinski definition) is 4. The summed E-state index contributed by atoms with van der Waals surface area (Å²) in [6, 6.07) is 15.6. The van der Waals surface area contributed by atoms with Gasteiger partial charge in [-0.1, -0.05) is 49.6 Å². The lowest BCUT2D eigenvalue weighted by atomic mass is 10.1. The van der Waals surface area contributed by atoms with Gasteiger partial charge in [0.1, 0.15) is 0 Å². The molecule has 1 aliphatic heterocycles. The van der Waals surface area contributed by atoms with Gasteiger partial charge in [-0.2, -0.15) is 4.31 Å². The van der Waals surface area contributed by atoms with Crippen LogP contribution in [-0.2, 0) is 16.6 Å². The molecule has 1 saturated heterocycles. The van der Waals surface area contributed by atoms with E-state index in [2.05, 4.69) is 35.9 Å². The van der Waals surface area contributed by atoms with E-state index in [4.69, 9.17) is 4.99 Å². The van der Waals surface area contributed by atoms with Crippen LogP contribution in [0.2, 0.25) is 0 Å². The first kappa shape index (κ1) is 23.0. The Bertz CT molecular complexity index is 1200. The first-order valence-corrected chi connectivity index (χ1v) is 13.7. The van der Waals surface area contributed by atoms with Gasteiger partial charge in [-0.25, -0.2) is 13.4 Å². The Labute approximate surface area is 195 Å². The summed E-state index contributed by atoms with van der Waals surface area (Å²) >= 11 is 1.62. The molecule has 4 rings (SSSR count). The van der Waals surface area contributed by atoms with Crippen LogP contribution in [0.3, 0.4) is 0 Å². The largest absolute Gasteiger partial charge is 0.316 e. The molecule has 1 aromatic heterocycles. The van der Waals surface area contributed by atoms with Crippen LogP contribution in [0, 0.1) is 6.92 Å². The Balaban J connectivity index is 1.67. The maximum atomic E-state index is 13.0. The van der Waals surface area contributed by atoms with E-state index >= 15 is 0 Å². The van der Waals surface area contributed by atoms with Crippen LogP contribution in [0.4, 0.5) is 5.69 Å².